The number of benzene rings is 2. The number of carbonyl (C=O) groups is 1. The molecule has 0 fully saturated rings. The van der Waals surface area contributed by atoms with Crippen LogP contribution in [0.5, 0.6) is 0 Å². The number of nitrogens with zero attached hydrogens (tertiary/aromatic N) is 3. The van der Waals surface area contributed by atoms with E-state index in [1.165, 1.54) is 18.2 Å². The number of rotatable bonds is 4. The standard InChI is InChI=1S/C20H14FN5O/c21-14-6-2-7-15(12-14)23-20(27)17-9-10-18(26-25-17)24-16-8-1-4-13-5-3-11-22-19(13)16/h1-12H,(H,23,27)(H,24,26). The highest BCUT2D eigenvalue weighted by molar-refractivity contribution is 6.02. The molecular formula is C20H14FN5O. The Morgan fingerprint density at radius 1 is 0.926 bits per heavy atom. The predicted molar refractivity (Wildman–Crippen MR) is 101 cm³/mol. The number of para-hydroxylation sites is 1. The predicted octanol–water partition coefficient (Wildman–Crippen LogP) is 4.16. The maximum Gasteiger partial charge on any atom is 0.276 e. The van der Waals surface area contributed by atoms with Gasteiger partial charge in [0.15, 0.2) is 11.5 Å². The van der Waals surface area contributed by atoms with Crippen molar-refractivity contribution in [3.8, 4) is 0 Å². The Bertz CT molecular complexity index is 1110. The molecule has 0 saturated carbocycles. The lowest BCUT2D eigenvalue weighted by Gasteiger charge is -2.08. The van der Waals surface area contributed by atoms with Gasteiger partial charge in [0.05, 0.1) is 11.2 Å². The first-order chi connectivity index (χ1) is 13.2. The number of pyridine rings is 1. The lowest BCUT2D eigenvalue weighted by atomic mass is 10.2. The maximum atomic E-state index is 13.2. The zero-order valence-electron chi connectivity index (χ0n) is 14.1. The number of carbonyl (C=O) groups excluding carboxylic acids is 1. The quantitative estimate of drug-likeness (QED) is 0.572. The monoisotopic (exact) mass is 359 g/mol. The molecule has 0 radical (unpaired) electrons. The molecule has 4 aromatic rings. The van der Waals surface area contributed by atoms with E-state index in [2.05, 4.69) is 25.8 Å². The van der Waals surface area contributed by atoms with E-state index in [1.54, 1.807) is 24.4 Å². The summed E-state index contributed by atoms with van der Waals surface area (Å²) in [5.41, 5.74) is 2.08. The Balaban J connectivity index is 1.51. The van der Waals surface area contributed by atoms with Crippen LogP contribution in [-0.2, 0) is 0 Å². The maximum absolute atomic E-state index is 13.2. The molecular weight excluding hydrogens is 345 g/mol. The number of halogens is 1. The van der Waals surface area contributed by atoms with Gasteiger partial charge in [0.25, 0.3) is 5.91 Å². The molecule has 2 aromatic heterocycles. The summed E-state index contributed by atoms with van der Waals surface area (Å²) in [6.45, 7) is 0. The van der Waals surface area contributed by atoms with Crippen molar-refractivity contribution in [3.63, 3.8) is 0 Å². The third kappa shape index (κ3) is 3.72. The summed E-state index contributed by atoms with van der Waals surface area (Å²) in [5, 5.41) is 14.7. The lowest BCUT2D eigenvalue weighted by molar-refractivity contribution is 0.102. The molecule has 0 spiro atoms. The summed E-state index contributed by atoms with van der Waals surface area (Å²) >= 11 is 0. The minimum absolute atomic E-state index is 0.126. The largest absolute Gasteiger partial charge is 0.337 e. The van der Waals surface area contributed by atoms with Crippen LogP contribution in [0.2, 0.25) is 0 Å². The molecule has 2 N–H and O–H groups in total. The first kappa shape index (κ1) is 16.6. The van der Waals surface area contributed by atoms with Crippen LogP contribution in [0.4, 0.5) is 21.6 Å². The number of aromatic nitrogens is 3. The molecule has 4 rings (SSSR count). The Kier molecular flexibility index (Phi) is 4.40. The van der Waals surface area contributed by atoms with Gasteiger partial charge in [-0.25, -0.2) is 4.39 Å². The van der Waals surface area contributed by atoms with E-state index in [1.807, 2.05) is 30.3 Å². The summed E-state index contributed by atoms with van der Waals surface area (Å²) in [6.07, 6.45) is 1.72. The molecule has 0 atom stereocenters. The van der Waals surface area contributed by atoms with Gasteiger partial charge in [-0.05, 0) is 42.5 Å². The van der Waals surface area contributed by atoms with Crippen LogP contribution >= 0.6 is 0 Å². The van der Waals surface area contributed by atoms with Crippen molar-refractivity contribution in [1.82, 2.24) is 15.2 Å². The lowest BCUT2D eigenvalue weighted by Crippen LogP contribution is -2.14. The topological polar surface area (TPSA) is 79.8 Å². The van der Waals surface area contributed by atoms with Crippen LogP contribution in [0, 0.1) is 5.82 Å². The Morgan fingerprint density at radius 3 is 2.59 bits per heavy atom. The molecule has 7 heteroatoms. The van der Waals surface area contributed by atoms with Crippen LogP contribution in [0.1, 0.15) is 10.5 Å². The number of amides is 1. The zero-order valence-corrected chi connectivity index (χ0v) is 14.1. The summed E-state index contributed by atoms with van der Waals surface area (Å²) in [4.78, 5) is 16.6. The van der Waals surface area contributed by atoms with Crippen LogP contribution in [0.25, 0.3) is 10.9 Å². The number of hydrogen-bond acceptors (Lipinski definition) is 5. The van der Waals surface area contributed by atoms with Crippen molar-refractivity contribution in [2.75, 3.05) is 10.6 Å². The van der Waals surface area contributed by atoms with Crippen LogP contribution in [0.15, 0.2) is 72.9 Å². The minimum atomic E-state index is -0.466. The zero-order chi connectivity index (χ0) is 18.6. The molecule has 6 nitrogen and oxygen atoms in total. The second-order valence-corrected chi connectivity index (χ2v) is 5.77. The highest BCUT2D eigenvalue weighted by atomic mass is 19.1. The van der Waals surface area contributed by atoms with E-state index < -0.39 is 11.7 Å². The fourth-order valence-electron chi connectivity index (χ4n) is 2.62. The second-order valence-electron chi connectivity index (χ2n) is 5.77. The summed E-state index contributed by atoms with van der Waals surface area (Å²) in [6, 6.07) is 18.5. The first-order valence-electron chi connectivity index (χ1n) is 8.20. The van der Waals surface area contributed by atoms with E-state index >= 15 is 0 Å². The van der Waals surface area contributed by atoms with Gasteiger partial charge in [-0.2, -0.15) is 0 Å². The fraction of sp³-hybridized carbons (Fsp3) is 0. The molecule has 132 valence electrons. The fourth-order valence-corrected chi connectivity index (χ4v) is 2.62. The smallest absolute Gasteiger partial charge is 0.276 e. The average Bonchev–Trinajstić information content (AvgIpc) is 2.69. The third-order valence-corrected chi connectivity index (χ3v) is 3.88. The molecule has 0 saturated heterocycles. The van der Waals surface area contributed by atoms with Gasteiger partial charge in [0, 0.05) is 17.3 Å². The molecule has 0 aliphatic carbocycles. The minimum Gasteiger partial charge on any atom is -0.337 e. The SMILES string of the molecule is O=C(Nc1cccc(F)c1)c1ccc(Nc2cccc3cccnc23)nn1. The highest BCUT2D eigenvalue weighted by Gasteiger charge is 2.10. The van der Waals surface area contributed by atoms with Gasteiger partial charge in [-0.1, -0.05) is 24.3 Å². The first-order valence-corrected chi connectivity index (χ1v) is 8.20. The second kappa shape index (κ2) is 7.17. The summed E-state index contributed by atoms with van der Waals surface area (Å²) in [5.74, 6) is -0.413. The van der Waals surface area contributed by atoms with E-state index in [4.69, 9.17) is 0 Å². The van der Waals surface area contributed by atoms with Gasteiger partial charge in [0.1, 0.15) is 5.82 Å². The Hall–Kier alpha value is -3.87. The van der Waals surface area contributed by atoms with Gasteiger partial charge in [-0.15, -0.1) is 10.2 Å². The molecule has 1 amide bonds. The molecule has 27 heavy (non-hydrogen) atoms. The van der Waals surface area contributed by atoms with Crippen molar-refractivity contribution >= 4 is 34.0 Å². The molecule has 0 bridgehead atoms. The normalized spacial score (nSPS) is 10.6. The third-order valence-electron chi connectivity index (χ3n) is 3.88. The van der Waals surface area contributed by atoms with E-state index in [0.29, 0.717) is 11.5 Å². The van der Waals surface area contributed by atoms with Crippen LogP contribution in [-0.4, -0.2) is 21.1 Å². The molecule has 0 aliphatic rings. The molecule has 2 aromatic carbocycles. The van der Waals surface area contributed by atoms with Gasteiger partial charge >= 0.3 is 0 Å². The number of hydrogen-bond donors (Lipinski definition) is 2. The van der Waals surface area contributed by atoms with Gasteiger partial charge in [-0.3, -0.25) is 9.78 Å². The van der Waals surface area contributed by atoms with Crippen LogP contribution < -0.4 is 10.6 Å². The van der Waals surface area contributed by atoms with E-state index in [9.17, 15) is 9.18 Å². The molecule has 2 heterocycles. The van der Waals surface area contributed by atoms with Crippen molar-refractivity contribution in [2.45, 2.75) is 0 Å². The summed E-state index contributed by atoms with van der Waals surface area (Å²) in [7, 11) is 0. The van der Waals surface area contributed by atoms with E-state index in [-0.39, 0.29) is 5.69 Å². The summed E-state index contributed by atoms with van der Waals surface area (Å²) < 4.78 is 13.2. The number of fused-ring (bicyclic) bond motifs is 1. The van der Waals surface area contributed by atoms with Gasteiger partial charge < -0.3 is 10.6 Å². The van der Waals surface area contributed by atoms with Crippen molar-refractivity contribution < 1.29 is 9.18 Å². The average molecular weight is 359 g/mol. The van der Waals surface area contributed by atoms with Crippen molar-refractivity contribution in [2.24, 2.45) is 0 Å². The number of anilines is 3. The Morgan fingerprint density at radius 2 is 1.78 bits per heavy atom. The van der Waals surface area contributed by atoms with Crippen molar-refractivity contribution in [1.29, 1.82) is 0 Å². The number of nitrogens with one attached hydrogen (secondary N) is 2. The van der Waals surface area contributed by atoms with Gasteiger partial charge in [0.2, 0.25) is 0 Å². The van der Waals surface area contributed by atoms with Crippen LogP contribution in [0.3, 0.4) is 0 Å². The molecule has 0 unspecified atom stereocenters. The van der Waals surface area contributed by atoms with E-state index in [0.717, 1.165) is 16.6 Å². The molecule has 0 aliphatic heterocycles. The Labute approximate surface area is 154 Å². The highest BCUT2D eigenvalue weighted by Crippen LogP contribution is 2.23. The van der Waals surface area contributed by atoms with Crippen molar-refractivity contribution in [3.05, 3.63) is 84.4 Å².